The molecule has 2 aromatic heterocycles. The van der Waals surface area contributed by atoms with Crippen LogP contribution in [-0.4, -0.2) is 39.8 Å². The summed E-state index contributed by atoms with van der Waals surface area (Å²) in [5.41, 5.74) is 3.29. The van der Waals surface area contributed by atoms with Crippen LogP contribution in [0.15, 0.2) is 91.4 Å². The summed E-state index contributed by atoms with van der Waals surface area (Å²) in [6.45, 7) is 4.75. The van der Waals surface area contributed by atoms with E-state index in [1.54, 1.807) is 0 Å². The van der Waals surface area contributed by atoms with Gasteiger partial charge in [0.25, 0.3) is 6.20 Å². The molecule has 3 heterocycles. The monoisotopic (exact) mass is 651 g/mol. The maximum atomic E-state index is 4.63. The maximum Gasteiger partial charge on any atom is 2.00 e. The van der Waals surface area contributed by atoms with Gasteiger partial charge in [0.2, 0.25) is 6.20 Å². The Balaban J connectivity index is 0.00000253. The summed E-state index contributed by atoms with van der Waals surface area (Å²) in [6.07, 6.45) is 5.84. The Hall–Kier alpha value is -3.36. The van der Waals surface area contributed by atoms with Crippen LogP contribution in [0.2, 0.25) is 13.1 Å². The third-order valence-electron chi connectivity index (χ3n) is 6.57. The van der Waals surface area contributed by atoms with E-state index in [1.165, 1.54) is 21.1 Å². The van der Waals surface area contributed by atoms with Gasteiger partial charge < -0.3 is 4.57 Å². The summed E-state index contributed by atoms with van der Waals surface area (Å²) < 4.78 is 6.14. The number of hydrogen-bond acceptors (Lipinski definition) is 1. The normalized spacial score (nSPS) is 13.1. The van der Waals surface area contributed by atoms with Gasteiger partial charge in [-0.3, -0.25) is 0 Å². The van der Waals surface area contributed by atoms with Crippen molar-refractivity contribution in [3.63, 3.8) is 0 Å². The molecule has 3 aromatic carbocycles. The van der Waals surface area contributed by atoms with Gasteiger partial charge in [0.15, 0.2) is 7.05 Å². The van der Waals surface area contributed by atoms with Crippen molar-refractivity contribution in [1.82, 2.24) is 9.55 Å². The van der Waals surface area contributed by atoms with Crippen molar-refractivity contribution in [2.45, 2.75) is 13.1 Å². The van der Waals surface area contributed by atoms with Crippen LogP contribution >= 0.6 is 0 Å². The van der Waals surface area contributed by atoms with E-state index in [0.717, 1.165) is 22.5 Å². The Kier molecular flexibility index (Phi) is 6.02. The van der Waals surface area contributed by atoms with Crippen LogP contribution in [0.4, 0.5) is 5.69 Å². The molecule has 0 N–H and O–H groups in total. The fourth-order valence-corrected chi connectivity index (χ4v) is 6.83. The van der Waals surface area contributed by atoms with Crippen molar-refractivity contribution in [2.24, 2.45) is 0 Å². The molecule has 1 aliphatic rings. The minimum atomic E-state index is -2.06. The van der Waals surface area contributed by atoms with Gasteiger partial charge in [0, 0.05) is 11.7 Å². The number of rotatable bonds is 4. The van der Waals surface area contributed by atoms with E-state index in [1.807, 2.05) is 46.9 Å². The Morgan fingerprint density at radius 3 is 2.49 bits per heavy atom. The van der Waals surface area contributed by atoms with Gasteiger partial charge in [0.1, 0.15) is 11.5 Å². The Morgan fingerprint density at radius 1 is 0.886 bits per heavy atom. The van der Waals surface area contributed by atoms with Crippen LogP contribution in [0.1, 0.15) is 0 Å². The summed E-state index contributed by atoms with van der Waals surface area (Å²) in [5, 5.41) is 4.98. The first kappa shape index (κ1) is 23.4. The van der Waals surface area contributed by atoms with Crippen LogP contribution in [0, 0.1) is 12.1 Å². The predicted octanol–water partition coefficient (Wildman–Crippen LogP) is 4.54. The quantitative estimate of drug-likeness (QED) is 0.159. The van der Waals surface area contributed by atoms with Crippen LogP contribution in [0.25, 0.3) is 27.6 Å². The molecule has 0 bridgehead atoms. The summed E-state index contributed by atoms with van der Waals surface area (Å²) in [7, 11) is -0.0808. The van der Waals surface area contributed by atoms with E-state index in [0.29, 0.717) is 0 Å². The maximum absolute atomic E-state index is 4.63. The average molecular weight is 652 g/mol. The number of benzene rings is 3. The minimum absolute atomic E-state index is 0. The molecule has 0 saturated heterocycles. The summed E-state index contributed by atoms with van der Waals surface area (Å²) >= 11 is 0. The topological polar surface area (TPSA) is 23.8 Å². The molecule has 1 aliphatic heterocycles. The molecule has 6 heteroatoms. The van der Waals surface area contributed by atoms with Crippen molar-refractivity contribution < 1.29 is 30.2 Å². The van der Waals surface area contributed by atoms with Crippen LogP contribution in [0.3, 0.4) is 0 Å². The predicted molar refractivity (Wildman–Crippen MR) is 140 cm³/mol. The molecule has 0 radical (unpaired) electrons. The van der Waals surface area contributed by atoms with Crippen molar-refractivity contribution in [3.8, 4) is 5.82 Å². The first-order valence-corrected chi connectivity index (χ1v) is 14.4. The standard InChI is InChI=1S/C29H24N4Si.Pt/c1-31-17-18-32(21-31)22-9-8-10-23(19-22)34(2,3)24-14-15-28-26(20-24)25-11-4-5-12-27(25)33(28)29-13-6-7-16-30-29;/h4-13,15-18,20H,1-3H3;/q;+2. The van der Waals surface area contributed by atoms with Gasteiger partial charge >= 0.3 is 27.1 Å². The van der Waals surface area contributed by atoms with Crippen molar-refractivity contribution in [2.75, 3.05) is 7.05 Å². The summed E-state index contributed by atoms with van der Waals surface area (Å²) in [5.74, 6) is 0.920. The molecule has 0 unspecified atom stereocenters. The molecule has 0 aliphatic carbocycles. The van der Waals surface area contributed by atoms with Gasteiger partial charge in [-0.2, -0.15) is 40.7 Å². The number of aromatic nitrogens is 2. The fourth-order valence-electron chi connectivity index (χ4n) is 4.65. The molecule has 0 fully saturated rings. The fraction of sp³-hybridized carbons (Fsp3) is 0.103. The third-order valence-corrected chi connectivity index (χ3v) is 9.85. The molecule has 0 amide bonds. The second-order valence-electron chi connectivity index (χ2n) is 9.14. The van der Waals surface area contributed by atoms with E-state index in [9.17, 15) is 0 Å². The Morgan fingerprint density at radius 2 is 1.71 bits per heavy atom. The molecule has 4 nitrogen and oxygen atoms in total. The van der Waals surface area contributed by atoms with E-state index in [-0.39, 0.29) is 21.1 Å². The molecule has 0 saturated carbocycles. The molecular formula is C29H24N4PtSi+2. The number of hydrogen-bond donors (Lipinski definition) is 0. The number of nitrogens with zero attached hydrogens (tertiary/aromatic N) is 4. The first-order chi connectivity index (χ1) is 16.5. The largest absolute Gasteiger partial charge is 2.00 e. The Bertz CT molecular complexity index is 1680. The number of para-hydroxylation sites is 1. The average Bonchev–Trinajstić information content (AvgIpc) is 3.45. The zero-order chi connectivity index (χ0) is 23.3. The summed E-state index contributed by atoms with van der Waals surface area (Å²) in [4.78, 5) is 4.63. The van der Waals surface area contributed by atoms with Crippen LogP contribution in [-0.2, 0) is 21.1 Å². The van der Waals surface area contributed by atoms with E-state index >= 15 is 0 Å². The van der Waals surface area contributed by atoms with Gasteiger partial charge in [0.05, 0.1) is 8.07 Å². The van der Waals surface area contributed by atoms with Crippen LogP contribution < -0.4 is 10.4 Å². The minimum Gasteiger partial charge on any atom is -0.349 e. The van der Waals surface area contributed by atoms with Gasteiger partial charge in [-0.15, -0.1) is 11.5 Å². The van der Waals surface area contributed by atoms with Crippen molar-refractivity contribution in [3.05, 3.63) is 104 Å². The van der Waals surface area contributed by atoms with Crippen molar-refractivity contribution >= 4 is 51.9 Å². The zero-order valence-electron chi connectivity index (χ0n) is 19.8. The van der Waals surface area contributed by atoms with E-state index in [2.05, 4.69) is 101 Å². The second kappa shape index (κ2) is 9.01. The molecule has 6 rings (SSSR count). The molecule has 5 aromatic rings. The van der Waals surface area contributed by atoms with Crippen molar-refractivity contribution in [1.29, 1.82) is 0 Å². The molecule has 0 spiro atoms. The van der Waals surface area contributed by atoms with Crippen LogP contribution in [0.5, 0.6) is 0 Å². The third kappa shape index (κ3) is 3.96. The van der Waals surface area contributed by atoms with Gasteiger partial charge in [-0.05, 0) is 23.6 Å². The first-order valence-electron chi connectivity index (χ1n) is 11.4. The van der Waals surface area contributed by atoms with E-state index < -0.39 is 8.07 Å². The number of pyridine rings is 1. The number of fused-ring (bicyclic) bond motifs is 3. The molecule has 0 atom stereocenters. The smallest absolute Gasteiger partial charge is 0.349 e. The second-order valence-corrected chi connectivity index (χ2v) is 13.5. The molecule has 172 valence electrons. The zero-order valence-corrected chi connectivity index (χ0v) is 23.0. The van der Waals surface area contributed by atoms with Gasteiger partial charge in [-0.1, -0.05) is 58.1 Å². The Labute approximate surface area is 220 Å². The SMILES string of the molecule is C[N+]1=C=[N+](c2[c-]c([Si](C)(C)c3[c-]cc4c(c3)c3ccccc3n4-c3ccccn3)ccc2)C=C1.[Pt+2]. The molecule has 35 heavy (non-hydrogen) atoms. The molecular weight excluding hydrogens is 628 g/mol. The van der Waals surface area contributed by atoms with Gasteiger partial charge in [-0.25, -0.2) is 4.98 Å². The summed E-state index contributed by atoms with van der Waals surface area (Å²) in [6, 6.07) is 36.1. The van der Waals surface area contributed by atoms with E-state index in [4.69, 9.17) is 0 Å².